The summed E-state index contributed by atoms with van der Waals surface area (Å²) in [7, 11) is 0. The van der Waals surface area contributed by atoms with Gasteiger partial charge in [-0.3, -0.25) is 0 Å². The number of H-pyrrole nitrogens is 1. The Bertz CT molecular complexity index is 785. The first-order valence-corrected chi connectivity index (χ1v) is 7.89. The fraction of sp³-hybridized carbons (Fsp3) is 0.300. The SMILES string of the molecule is CCCC(C)(c1ccc(F)cc1)c1c[nH]c2c(C)cccc12. The van der Waals surface area contributed by atoms with E-state index < -0.39 is 0 Å². The summed E-state index contributed by atoms with van der Waals surface area (Å²) in [6.45, 7) is 6.58. The number of hydrogen-bond donors (Lipinski definition) is 1. The molecule has 0 spiro atoms. The molecule has 0 fully saturated rings. The first-order chi connectivity index (χ1) is 10.6. The van der Waals surface area contributed by atoms with Gasteiger partial charge in [0.2, 0.25) is 0 Å². The molecule has 114 valence electrons. The molecule has 0 saturated heterocycles. The number of para-hydroxylation sites is 1. The van der Waals surface area contributed by atoms with Gasteiger partial charge in [0.05, 0.1) is 0 Å². The van der Waals surface area contributed by atoms with E-state index in [1.165, 1.54) is 22.0 Å². The van der Waals surface area contributed by atoms with Crippen LogP contribution in [0.5, 0.6) is 0 Å². The molecule has 3 rings (SSSR count). The second kappa shape index (κ2) is 5.60. The summed E-state index contributed by atoms with van der Waals surface area (Å²) in [6, 6.07) is 13.3. The van der Waals surface area contributed by atoms with Crippen molar-refractivity contribution in [3.05, 3.63) is 71.2 Å². The van der Waals surface area contributed by atoms with Crippen LogP contribution in [-0.2, 0) is 5.41 Å². The molecule has 1 aromatic heterocycles. The van der Waals surface area contributed by atoms with Crippen molar-refractivity contribution in [3.8, 4) is 0 Å². The summed E-state index contributed by atoms with van der Waals surface area (Å²) in [5.41, 5.74) is 4.79. The largest absolute Gasteiger partial charge is 0.361 e. The molecular weight excluding hydrogens is 273 g/mol. The summed E-state index contributed by atoms with van der Waals surface area (Å²) in [5.74, 6) is -0.183. The zero-order valence-electron chi connectivity index (χ0n) is 13.4. The van der Waals surface area contributed by atoms with E-state index in [9.17, 15) is 4.39 Å². The van der Waals surface area contributed by atoms with Crippen molar-refractivity contribution in [3.63, 3.8) is 0 Å². The normalized spacial score (nSPS) is 14.2. The number of benzene rings is 2. The van der Waals surface area contributed by atoms with Crippen LogP contribution in [0.15, 0.2) is 48.7 Å². The Labute approximate surface area is 131 Å². The molecule has 1 heterocycles. The van der Waals surface area contributed by atoms with Crippen LogP contribution in [0.2, 0.25) is 0 Å². The van der Waals surface area contributed by atoms with Crippen LogP contribution in [0.25, 0.3) is 10.9 Å². The van der Waals surface area contributed by atoms with Gasteiger partial charge >= 0.3 is 0 Å². The smallest absolute Gasteiger partial charge is 0.123 e. The van der Waals surface area contributed by atoms with Crippen LogP contribution in [0.1, 0.15) is 43.4 Å². The number of halogens is 1. The molecule has 0 saturated carbocycles. The lowest BCUT2D eigenvalue weighted by Gasteiger charge is -2.30. The van der Waals surface area contributed by atoms with Gasteiger partial charge in [-0.25, -0.2) is 4.39 Å². The number of aromatic nitrogens is 1. The van der Waals surface area contributed by atoms with E-state index in [4.69, 9.17) is 0 Å². The molecule has 22 heavy (non-hydrogen) atoms. The molecule has 1 unspecified atom stereocenters. The van der Waals surface area contributed by atoms with E-state index in [-0.39, 0.29) is 11.2 Å². The maximum atomic E-state index is 13.3. The van der Waals surface area contributed by atoms with Gasteiger partial charge < -0.3 is 4.98 Å². The van der Waals surface area contributed by atoms with Gasteiger partial charge in [-0.15, -0.1) is 0 Å². The highest BCUT2D eigenvalue weighted by Crippen LogP contribution is 2.40. The zero-order valence-corrected chi connectivity index (χ0v) is 13.4. The molecule has 0 aliphatic carbocycles. The minimum Gasteiger partial charge on any atom is -0.361 e. The van der Waals surface area contributed by atoms with Crippen LogP contribution in [0, 0.1) is 12.7 Å². The maximum Gasteiger partial charge on any atom is 0.123 e. The van der Waals surface area contributed by atoms with Gasteiger partial charge in [-0.1, -0.05) is 50.6 Å². The van der Waals surface area contributed by atoms with Crippen LogP contribution < -0.4 is 0 Å². The van der Waals surface area contributed by atoms with E-state index in [1.807, 2.05) is 12.1 Å². The molecule has 0 bridgehead atoms. The van der Waals surface area contributed by atoms with E-state index in [1.54, 1.807) is 12.1 Å². The van der Waals surface area contributed by atoms with Gasteiger partial charge in [0.1, 0.15) is 5.82 Å². The predicted molar refractivity (Wildman–Crippen MR) is 90.8 cm³/mol. The van der Waals surface area contributed by atoms with Gasteiger partial charge in [0, 0.05) is 22.5 Å². The van der Waals surface area contributed by atoms with Gasteiger partial charge in [0.15, 0.2) is 0 Å². The zero-order chi connectivity index (χ0) is 15.7. The fourth-order valence-electron chi connectivity index (χ4n) is 3.51. The van der Waals surface area contributed by atoms with Crippen molar-refractivity contribution in [1.29, 1.82) is 0 Å². The van der Waals surface area contributed by atoms with E-state index in [0.29, 0.717) is 0 Å². The topological polar surface area (TPSA) is 15.8 Å². The summed E-state index contributed by atoms with van der Waals surface area (Å²) < 4.78 is 13.3. The monoisotopic (exact) mass is 295 g/mol. The summed E-state index contributed by atoms with van der Waals surface area (Å²) in [4.78, 5) is 3.43. The highest BCUT2D eigenvalue weighted by atomic mass is 19.1. The van der Waals surface area contributed by atoms with Crippen LogP contribution >= 0.6 is 0 Å². The van der Waals surface area contributed by atoms with E-state index in [0.717, 1.165) is 18.4 Å². The summed E-state index contributed by atoms with van der Waals surface area (Å²) in [5, 5.41) is 1.26. The third-order valence-electron chi connectivity index (χ3n) is 4.75. The molecule has 1 nitrogen and oxygen atoms in total. The minimum atomic E-state index is -0.183. The first-order valence-electron chi connectivity index (χ1n) is 7.89. The number of fused-ring (bicyclic) bond motifs is 1. The lowest BCUT2D eigenvalue weighted by atomic mass is 9.73. The highest BCUT2D eigenvalue weighted by molar-refractivity contribution is 5.87. The van der Waals surface area contributed by atoms with Crippen LogP contribution in [-0.4, -0.2) is 4.98 Å². The highest BCUT2D eigenvalue weighted by Gasteiger charge is 2.30. The lowest BCUT2D eigenvalue weighted by molar-refractivity contribution is 0.514. The Kier molecular flexibility index (Phi) is 3.78. The molecule has 2 aromatic carbocycles. The van der Waals surface area contributed by atoms with Crippen molar-refractivity contribution < 1.29 is 4.39 Å². The predicted octanol–water partition coefficient (Wildman–Crippen LogP) is 5.72. The molecule has 1 N–H and O–H groups in total. The Morgan fingerprint density at radius 2 is 1.82 bits per heavy atom. The molecule has 0 aliphatic heterocycles. The molecule has 3 aromatic rings. The number of nitrogens with one attached hydrogen (secondary N) is 1. The summed E-state index contributed by atoms with van der Waals surface area (Å²) in [6.07, 6.45) is 4.22. The number of hydrogen-bond acceptors (Lipinski definition) is 0. The van der Waals surface area contributed by atoms with E-state index >= 15 is 0 Å². The molecule has 0 amide bonds. The first kappa shape index (κ1) is 14.8. The third-order valence-corrected chi connectivity index (χ3v) is 4.75. The number of aromatic amines is 1. The standard InChI is InChI=1S/C20H22FN/c1-4-12-20(3,15-8-10-16(21)11-9-15)18-13-22-19-14(2)6-5-7-17(18)19/h5-11,13,22H,4,12H2,1-3H3. The Morgan fingerprint density at radius 1 is 1.09 bits per heavy atom. The average molecular weight is 295 g/mol. The van der Waals surface area contributed by atoms with E-state index in [2.05, 4.69) is 50.2 Å². The quantitative estimate of drug-likeness (QED) is 0.633. The average Bonchev–Trinajstić information content (AvgIpc) is 2.94. The van der Waals surface area contributed by atoms with Gasteiger partial charge in [0.25, 0.3) is 0 Å². The second-order valence-corrected chi connectivity index (χ2v) is 6.29. The third kappa shape index (κ3) is 2.33. The van der Waals surface area contributed by atoms with Crippen molar-refractivity contribution in [2.75, 3.05) is 0 Å². The Morgan fingerprint density at radius 3 is 2.50 bits per heavy atom. The molecule has 0 radical (unpaired) electrons. The maximum absolute atomic E-state index is 13.3. The molecule has 2 heteroatoms. The number of aryl methyl sites for hydroxylation is 1. The Hall–Kier alpha value is -2.09. The molecule has 1 atom stereocenters. The van der Waals surface area contributed by atoms with Crippen molar-refractivity contribution >= 4 is 10.9 Å². The molecular formula is C20H22FN. The van der Waals surface area contributed by atoms with Crippen molar-refractivity contribution in [2.24, 2.45) is 0 Å². The van der Waals surface area contributed by atoms with Crippen LogP contribution in [0.3, 0.4) is 0 Å². The lowest BCUT2D eigenvalue weighted by Crippen LogP contribution is -2.23. The fourth-order valence-corrected chi connectivity index (χ4v) is 3.51. The molecule has 0 aliphatic rings. The Balaban J connectivity index is 2.21. The number of rotatable bonds is 4. The summed E-state index contributed by atoms with van der Waals surface area (Å²) >= 11 is 0. The van der Waals surface area contributed by atoms with Gasteiger partial charge in [-0.2, -0.15) is 0 Å². The van der Waals surface area contributed by atoms with Crippen molar-refractivity contribution in [1.82, 2.24) is 4.98 Å². The van der Waals surface area contributed by atoms with Crippen LogP contribution in [0.4, 0.5) is 4.39 Å². The van der Waals surface area contributed by atoms with Gasteiger partial charge in [-0.05, 0) is 42.2 Å². The second-order valence-electron chi connectivity index (χ2n) is 6.29. The van der Waals surface area contributed by atoms with Crippen molar-refractivity contribution in [2.45, 2.75) is 39.0 Å². The minimum absolute atomic E-state index is 0.117.